The molecule has 2 aliphatic rings. The Bertz CT molecular complexity index is 1590. The number of hydrogen-bond acceptors (Lipinski definition) is 4. The molecular formula is C28H26N2O4S. The van der Waals surface area contributed by atoms with E-state index in [2.05, 4.69) is 18.2 Å². The van der Waals surface area contributed by atoms with Crippen LogP contribution in [0.25, 0.3) is 21.9 Å². The third kappa shape index (κ3) is 3.75. The first-order chi connectivity index (χ1) is 16.9. The minimum absolute atomic E-state index is 0.000979. The Morgan fingerprint density at radius 3 is 2.40 bits per heavy atom. The van der Waals surface area contributed by atoms with Crippen LogP contribution in [0.1, 0.15) is 18.0 Å². The zero-order valence-corrected chi connectivity index (χ0v) is 20.2. The Kier molecular flexibility index (Phi) is 5.27. The number of methoxy groups -OCH3 is 1. The summed E-state index contributed by atoms with van der Waals surface area (Å²) < 4.78 is 35.3. The van der Waals surface area contributed by atoms with Gasteiger partial charge in [0.1, 0.15) is 5.75 Å². The average Bonchev–Trinajstić information content (AvgIpc) is 2.89. The highest BCUT2D eigenvalue weighted by molar-refractivity contribution is 7.89. The van der Waals surface area contributed by atoms with Gasteiger partial charge in [0.25, 0.3) is 5.56 Å². The van der Waals surface area contributed by atoms with Gasteiger partial charge in [0.15, 0.2) is 0 Å². The van der Waals surface area contributed by atoms with Crippen molar-refractivity contribution in [3.63, 3.8) is 0 Å². The third-order valence-corrected chi connectivity index (χ3v) is 9.17. The summed E-state index contributed by atoms with van der Waals surface area (Å²) in [5.41, 5.74) is 2.51. The minimum Gasteiger partial charge on any atom is -0.497 e. The van der Waals surface area contributed by atoms with Crippen LogP contribution in [0.5, 0.6) is 5.75 Å². The van der Waals surface area contributed by atoms with Crippen molar-refractivity contribution in [3.8, 4) is 16.9 Å². The standard InChI is InChI=1S/C28H26N2O4S/c1-34-24-8-10-25(11-9-24)35(32,33)29-16-19-14-23(18-29)27-13-12-26(28(31)30(27)17-19)22-7-6-20-4-2-3-5-21(20)15-22/h2-13,15,19,23H,14,16-18H2,1H3/t19-,23+/m0/s1. The van der Waals surface area contributed by atoms with Crippen LogP contribution in [-0.4, -0.2) is 37.5 Å². The molecule has 0 saturated carbocycles. The van der Waals surface area contributed by atoms with E-state index in [4.69, 9.17) is 4.74 Å². The van der Waals surface area contributed by atoms with Crippen molar-refractivity contribution in [3.05, 3.63) is 94.9 Å². The van der Waals surface area contributed by atoms with Gasteiger partial charge in [-0.15, -0.1) is 0 Å². The van der Waals surface area contributed by atoms with Crippen LogP contribution in [0.15, 0.2) is 88.6 Å². The molecule has 35 heavy (non-hydrogen) atoms. The Balaban J connectivity index is 1.33. The lowest BCUT2D eigenvalue weighted by atomic mass is 9.84. The molecule has 4 aromatic rings. The van der Waals surface area contributed by atoms with Crippen molar-refractivity contribution in [2.45, 2.75) is 23.8 Å². The zero-order chi connectivity index (χ0) is 24.2. The summed E-state index contributed by atoms with van der Waals surface area (Å²) in [7, 11) is -2.07. The molecule has 0 N–H and O–H groups in total. The van der Waals surface area contributed by atoms with Crippen molar-refractivity contribution < 1.29 is 13.2 Å². The van der Waals surface area contributed by atoms with E-state index < -0.39 is 10.0 Å². The van der Waals surface area contributed by atoms with E-state index in [0.717, 1.165) is 28.5 Å². The minimum atomic E-state index is -3.62. The summed E-state index contributed by atoms with van der Waals surface area (Å²) in [4.78, 5) is 13.8. The molecule has 6 rings (SSSR count). The molecule has 2 aliphatic heterocycles. The summed E-state index contributed by atoms with van der Waals surface area (Å²) in [6.45, 7) is 1.32. The molecule has 6 nitrogen and oxygen atoms in total. The van der Waals surface area contributed by atoms with Gasteiger partial charge in [0.2, 0.25) is 10.0 Å². The van der Waals surface area contributed by atoms with Gasteiger partial charge in [-0.2, -0.15) is 4.31 Å². The van der Waals surface area contributed by atoms with Gasteiger partial charge < -0.3 is 9.30 Å². The van der Waals surface area contributed by atoms with Crippen LogP contribution in [0.2, 0.25) is 0 Å². The van der Waals surface area contributed by atoms with Crippen molar-refractivity contribution in [2.75, 3.05) is 20.2 Å². The van der Waals surface area contributed by atoms with E-state index in [0.29, 0.717) is 30.9 Å². The lowest BCUT2D eigenvalue weighted by Crippen LogP contribution is -2.49. The third-order valence-electron chi connectivity index (χ3n) is 7.33. The largest absolute Gasteiger partial charge is 0.497 e. The molecule has 3 aromatic carbocycles. The highest BCUT2D eigenvalue weighted by Gasteiger charge is 2.39. The Hall–Kier alpha value is -3.42. The second-order valence-electron chi connectivity index (χ2n) is 9.45. The molecule has 0 spiro atoms. The van der Waals surface area contributed by atoms with Crippen LogP contribution in [0.3, 0.4) is 0 Å². The topological polar surface area (TPSA) is 68.6 Å². The second kappa shape index (κ2) is 8.36. The number of benzene rings is 3. The number of sulfonamides is 1. The molecule has 0 aliphatic carbocycles. The molecular weight excluding hydrogens is 460 g/mol. The van der Waals surface area contributed by atoms with Gasteiger partial charge in [0, 0.05) is 36.8 Å². The van der Waals surface area contributed by atoms with Crippen molar-refractivity contribution in [1.82, 2.24) is 8.87 Å². The first-order valence-corrected chi connectivity index (χ1v) is 13.2. The van der Waals surface area contributed by atoms with Crippen molar-refractivity contribution >= 4 is 20.8 Å². The van der Waals surface area contributed by atoms with Gasteiger partial charge in [-0.1, -0.05) is 36.4 Å². The highest BCUT2D eigenvalue weighted by Crippen LogP contribution is 2.38. The van der Waals surface area contributed by atoms with Crippen LogP contribution >= 0.6 is 0 Å². The Morgan fingerprint density at radius 2 is 1.63 bits per heavy atom. The predicted octanol–water partition coefficient (Wildman–Crippen LogP) is 4.49. The number of aromatic nitrogens is 1. The lowest BCUT2D eigenvalue weighted by Gasteiger charge is -2.42. The van der Waals surface area contributed by atoms with E-state index in [1.807, 2.05) is 41.0 Å². The van der Waals surface area contributed by atoms with Crippen LogP contribution in [0, 0.1) is 5.92 Å². The zero-order valence-electron chi connectivity index (χ0n) is 19.4. The average molecular weight is 487 g/mol. The number of rotatable bonds is 4. The molecule has 7 heteroatoms. The van der Waals surface area contributed by atoms with Crippen LogP contribution in [0.4, 0.5) is 0 Å². The molecule has 2 atom stereocenters. The number of hydrogen-bond donors (Lipinski definition) is 0. The summed E-state index contributed by atoms with van der Waals surface area (Å²) in [6.07, 6.45) is 0.892. The maximum atomic E-state index is 13.6. The lowest BCUT2D eigenvalue weighted by molar-refractivity contribution is 0.186. The maximum absolute atomic E-state index is 13.6. The van der Waals surface area contributed by atoms with Crippen molar-refractivity contribution in [2.24, 2.45) is 5.92 Å². The fraction of sp³-hybridized carbons (Fsp3) is 0.250. The summed E-state index contributed by atoms with van der Waals surface area (Å²) >= 11 is 0. The number of fused-ring (bicyclic) bond motifs is 5. The molecule has 1 fully saturated rings. The first-order valence-electron chi connectivity index (χ1n) is 11.8. The molecule has 0 amide bonds. The quantitative estimate of drug-likeness (QED) is 0.426. The summed E-state index contributed by atoms with van der Waals surface area (Å²) in [5, 5.41) is 2.24. The Labute approximate surface area is 204 Å². The number of piperidine rings is 1. The first kappa shape index (κ1) is 22.1. The van der Waals surface area contributed by atoms with E-state index in [1.165, 1.54) is 0 Å². The fourth-order valence-electron chi connectivity index (χ4n) is 5.57. The van der Waals surface area contributed by atoms with Gasteiger partial charge in [-0.25, -0.2) is 8.42 Å². The molecule has 1 aromatic heterocycles. The van der Waals surface area contributed by atoms with Gasteiger partial charge in [-0.3, -0.25) is 4.79 Å². The van der Waals surface area contributed by atoms with E-state index in [1.54, 1.807) is 35.7 Å². The van der Waals surface area contributed by atoms with Crippen LogP contribution < -0.4 is 10.3 Å². The maximum Gasteiger partial charge on any atom is 0.258 e. The smallest absolute Gasteiger partial charge is 0.258 e. The van der Waals surface area contributed by atoms with E-state index >= 15 is 0 Å². The summed E-state index contributed by atoms with van der Waals surface area (Å²) in [6, 6.07) is 24.6. The van der Waals surface area contributed by atoms with Crippen LogP contribution in [-0.2, 0) is 16.6 Å². The summed E-state index contributed by atoms with van der Waals surface area (Å²) in [5.74, 6) is 0.711. The normalized spacial score (nSPS) is 19.9. The Morgan fingerprint density at radius 1 is 0.857 bits per heavy atom. The van der Waals surface area contributed by atoms with E-state index in [-0.39, 0.29) is 22.3 Å². The molecule has 178 valence electrons. The molecule has 0 radical (unpaired) electrons. The van der Waals surface area contributed by atoms with Gasteiger partial charge in [-0.05, 0) is 71.1 Å². The molecule has 0 unspecified atom stereocenters. The van der Waals surface area contributed by atoms with Gasteiger partial charge in [0.05, 0.1) is 12.0 Å². The molecule has 1 saturated heterocycles. The molecule has 2 bridgehead atoms. The van der Waals surface area contributed by atoms with Crippen molar-refractivity contribution in [1.29, 1.82) is 0 Å². The predicted molar refractivity (Wildman–Crippen MR) is 136 cm³/mol. The number of ether oxygens (including phenoxy) is 1. The fourth-order valence-corrected chi connectivity index (χ4v) is 7.13. The van der Waals surface area contributed by atoms with E-state index in [9.17, 15) is 13.2 Å². The monoisotopic (exact) mass is 486 g/mol. The number of nitrogens with zero attached hydrogens (tertiary/aromatic N) is 2. The highest BCUT2D eigenvalue weighted by atomic mass is 32.2. The second-order valence-corrected chi connectivity index (χ2v) is 11.4. The van der Waals surface area contributed by atoms with Gasteiger partial charge >= 0.3 is 0 Å². The molecule has 3 heterocycles. The number of pyridine rings is 1. The SMILES string of the molecule is COc1ccc(S(=O)(=O)N2C[C@@H]3C[C@H](C2)c2ccc(-c4ccc5ccccc5c4)c(=O)n2C3)cc1.